The highest BCUT2D eigenvalue weighted by Gasteiger charge is 2.13. The summed E-state index contributed by atoms with van der Waals surface area (Å²) in [5, 5.41) is 0.817. The second-order valence-corrected chi connectivity index (χ2v) is 9.30. The number of aromatic nitrogens is 2. The molecule has 0 aliphatic rings. The summed E-state index contributed by atoms with van der Waals surface area (Å²) in [5.41, 5.74) is 3.21. The number of halogens is 2. The van der Waals surface area contributed by atoms with Gasteiger partial charge in [-0.2, -0.15) is 0 Å². The highest BCUT2D eigenvalue weighted by atomic mass is 35.5. The summed E-state index contributed by atoms with van der Waals surface area (Å²) >= 11 is 14.0. The molecule has 0 atom stereocenters. The molecule has 3 aromatic carbocycles. The monoisotopic (exact) mass is 496 g/mol. The van der Waals surface area contributed by atoms with Crippen molar-refractivity contribution in [3.63, 3.8) is 0 Å². The average molecular weight is 497 g/mol. The minimum absolute atomic E-state index is 0.145. The maximum Gasteiger partial charge on any atom is 0.274 e. The van der Waals surface area contributed by atoms with Gasteiger partial charge in [-0.25, -0.2) is 9.38 Å². The van der Waals surface area contributed by atoms with E-state index >= 15 is 0 Å². The summed E-state index contributed by atoms with van der Waals surface area (Å²) in [6.45, 7) is 2.64. The lowest BCUT2D eigenvalue weighted by Gasteiger charge is -2.12. The summed E-state index contributed by atoms with van der Waals surface area (Å²) in [6, 6.07) is 18.7. The first-order chi connectivity index (χ1) is 16.0. The van der Waals surface area contributed by atoms with Crippen molar-refractivity contribution in [2.45, 2.75) is 6.92 Å². The van der Waals surface area contributed by atoms with Gasteiger partial charge in [0, 0.05) is 10.6 Å². The fourth-order valence-corrected chi connectivity index (χ4v) is 5.07. The predicted molar refractivity (Wildman–Crippen MR) is 134 cm³/mol. The number of para-hydroxylation sites is 2. The maximum absolute atomic E-state index is 13.1. The molecule has 0 radical (unpaired) electrons. The highest BCUT2D eigenvalue weighted by molar-refractivity contribution is 7.15. The van der Waals surface area contributed by atoms with Gasteiger partial charge in [-0.05, 0) is 49.4 Å². The third-order valence-electron chi connectivity index (χ3n) is 5.09. The van der Waals surface area contributed by atoms with Crippen LogP contribution in [0.15, 0.2) is 65.5 Å². The zero-order valence-electron chi connectivity index (χ0n) is 17.5. The van der Waals surface area contributed by atoms with E-state index in [1.807, 2.05) is 55.5 Å². The lowest BCUT2D eigenvalue weighted by atomic mass is 10.2. The Morgan fingerprint density at radius 1 is 1.03 bits per heavy atom. The Hall–Kier alpha value is -3.06. The predicted octanol–water partition coefficient (Wildman–Crippen LogP) is 5.53. The van der Waals surface area contributed by atoms with Gasteiger partial charge in [0.1, 0.15) is 24.7 Å². The van der Waals surface area contributed by atoms with Crippen molar-refractivity contribution in [1.82, 2.24) is 9.38 Å². The van der Waals surface area contributed by atoms with Gasteiger partial charge in [-0.1, -0.05) is 64.4 Å². The summed E-state index contributed by atoms with van der Waals surface area (Å²) in [6.07, 6.45) is 1.74. The molecule has 33 heavy (non-hydrogen) atoms. The van der Waals surface area contributed by atoms with Crippen molar-refractivity contribution < 1.29 is 9.47 Å². The van der Waals surface area contributed by atoms with Crippen LogP contribution in [0.25, 0.3) is 22.1 Å². The minimum Gasteiger partial charge on any atom is -0.490 e. The molecule has 5 rings (SSSR count). The van der Waals surface area contributed by atoms with E-state index < -0.39 is 0 Å². The Kier molecular flexibility index (Phi) is 5.98. The SMILES string of the molecule is Cc1ccc(OCCOc2c(Cl)cc(Cl)cc2C=c2sc3nc4ccccc4n3c2=O)cc1. The average Bonchev–Trinajstić information content (AvgIpc) is 3.30. The van der Waals surface area contributed by atoms with Crippen LogP contribution in [0.3, 0.4) is 0 Å². The van der Waals surface area contributed by atoms with E-state index in [0.717, 1.165) is 16.8 Å². The van der Waals surface area contributed by atoms with Crippen molar-refractivity contribution in [2.75, 3.05) is 13.2 Å². The first-order valence-corrected chi connectivity index (χ1v) is 11.8. The van der Waals surface area contributed by atoms with Crippen LogP contribution in [0.2, 0.25) is 10.0 Å². The number of hydrogen-bond acceptors (Lipinski definition) is 5. The lowest BCUT2D eigenvalue weighted by Crippen LogP contribution is -2.22. The molecule has 0 aliphatic heterocycles. The zero-order valence-corrected chi connectivity index (χ0v) is 19.9. The Morgan fingerprint density at radius 3 is 2.61 bits per heavy atom. The van der Waals surface area contributed by atoms with Crippen LogP contribution >= 0.6 is 34.5 Å². The van der Waals surface area contributed by atoms with Crippen LogP contribution in [0.5, 0.6) is 11.5 Å². The molecule has 8 heteroatoms. The maximum atomic E-state index is 13.1. The normalized spacial score (nSPS) is 12.0. The molecule has 0 N–H and O–H groups in total. The molecule has 0 amide bonds. The van der Waals surface area contributed by atoms with E-state index in [1.165, 1.54) is 16.9 Å². The van der Waals surface area contributed by atoms with Crippen molar-refractivity contribution in [3.05, 3.63) is 96.7 Å². The van der Waals surface area contributed by atoms with Crippen LogP contribution in [0.1, 0.15) is 11.1 Å². The molecule has 5 aromatic rings. The molecular formula is C25H18Cl2N2O3S. The summed E-state index contributed by atoms with van der Waals surface area (Å²) < 4.78 is 13.8. The highest BCUT2D eigenvalue weighted by Crippen LogP contribution is 2.33. The fraction of sp³-hybridized carbons (Fsp3) is 0.120. The van der Waals surface area contributed by atoms with E-state index in [9.17, 15) is 4.79 Å². The van der Waals surface area contributed by atoms with Crippen LogP contribution in [-0.2, 0) is 0 Å². The van der Waals surface area contributed by atoms with Gasteiger partial charge in [-0.15, -0.1) is 0 Å². The second-order valence-electron chi connectivity index (χ2n) is 7.45. The van der Waals surface area contributed by atoms with Gasteiger partial charge in [0.25, 0.3) is 5.56 Å². The second kappa shape index (κ2) is 9.06. The molecule has 0 bridgehead atoms. The molecule has 0 spiro atoms. The quantitative estimate of drug-likeness (QED) is 0.290. The van der Waals surface area contributed by atoms with Gasteiger partial charge in [0.05, 0.1) is 20.6 Å². The zero-order chi connectivity index (χ0) is 22.9. The summed E-state index contributed by atoms with van der Waals surface area (Å²) in [7, 11) is 0. The van der Waals surface area contributed by atoms with Crippen LogP contribution < -0.4 is 19.6 Å². The van der Waals surface area contributed by atoms with Gasteiger partial charge in [0.15, 0.2) is 4.96 Å². The van der Waals surface area contributed by atoms with Crippen molar-refractivity contribution in [3.8, 4) is 11.5 Å². The summed E-state index contributed by atoms with van der Waals surface area (Å²) in [5.74, 6) is 1.22. The molecule has 2 aromatic heterocycles. The fourth-order valence-electron chi connectivity index (χ4n) is 3.53. The number of imidazole rings is 1. The number of ether oxygens (including phenoxy) is 2. The third kappa shape index (κ3) is 4.42. The number of thiazole rings is 1. The minimum atomic E-state index is -0.145. The van der Waals surface area contributed by atoms with Crippen molar-refractivity contribution >= 4 is 56.6 Å². The van der Waals surface area contributed by atoms with Gasteiger partial charge in [-0.3, -0.25) is 4.79 Å². The largest absolute Gasteiger partial charge is 0.490 e. The number of fused-ring (bicyclic) bond motifs is 3. The first kappa shape index (κ1) is 21.8. The van der Waals surface area contributed by atoms with E-state index in [2.05, 4.69) is 4.98 Å². The Bertz CT molecular complexity index is 1580. The molecule has 5 nitrogen and oxygen atoms in total. The number of benzene rings is 3. The lowest BCUT2D eigenvalue weighted by molar-refractivity contribution is 0.217. The van der Waals surface area contributed by atoms with Gasteiger partial charge in [0.2, 0.25) is 0 Å². The number of hydrogen-bond donors (Lipinski definition) is 0. The standard InChI is InChI=1S/C25H18Cl2N2O3S/c1-15-6-8-18(9-7-15)31-10-11-32-23-16(12-17(26)14-19(23)27)13-22-24(30)29-21-5-3-2-4-20(21)28-25(29)33-22/h2-9,12-14H,10-11H2,1H3. The van der Waals surface area contributed by atoms with E-state index in [1.54, 1.807) is 22.6 Å². The Balaban J connectivity index is 1.44. The first-order valence-electron chi connectivity index (χ1n) is 10.2. The van der Waals surface area contributed by atoms with Crippen molar-refractivity contribution in [2.24, 2.45) is 0 Å². The van der Waals surface area contributed by atoms with Gasteiger partial charge >= 0.3 is 0 Å². The number of rotatable bonds is 6. The molecule has 0 saturated heterocycles. The molecule has 0 unspecified atom stereocenters. The molecule has 0 fully saturated rings. The molecule has 2 heterocycles. The van der Waals surface area contributed by atoms with E-state index in [0.29, 0.717) is 37.5 Å². The van der Waals surface area contributed by atoms with Gasteiger partial charge < -0.3 is 9.47 Å². The Labute approximate surface area is 203 Å². The van der Waals surface area contributed by atoms with E-state index in [-0.39, 0.29) is 12.2 Å². The molecule has 166 valence electrons. The van der Waals surface area contributed by atoms with E-state index in [4.69, 9.17) is 32.7 Å². The summed E-state index contributed by atoms with van der Waals surface area (Å²) in [4.78, 5) is 18.3. The molecular weight excluding hydrogens is 479 g/mol. The Morgan fingerprint density at radius 2 is 1.79 bits per heavy atom. The third-order valence-corrected chi connectivity index (χ3v) is 6.56. The molecule has 0 aliphatic carbocycles. The van der Waals surface area contributed by atoms with Crippen LogP contribution in [0.4, 0.5) is 0 Å². The number of nitrogens with zero attached hydrogens (tertiary/aromatic N) is 2. The van der Waals surface area contributed by atoms with Crippen molar-refractivity contribution in [1.29, 1.82) is 0 Å². The molecule has 0 saturated carbocycles. The smallest absolute Gasteiger partial charge is 0.274 e. The topological polar surface area (TPSA) is 52.8 Å². The van der Waals surface area contributed by atoms with Crippen LogP contribution in [-0.4, -0.2) is 22.6 Å². The number of aryl methyl sites for hydroxylation is 1. The van der Waals surface area contributed by atoms with Crippen LogP contribution in [0, 0.1) is 6.92 Å².